The van der Waals surface area contributed by atoms with Crippen molar-refractivity contribution in [1.82, 2.24) is 9.55 Å². The summed E-state index contributed by atoms with van der Waals surface area (Å²) in [5, 5.41) is 0. The van der Waals surface area contributed by atoms with E-state index in [1.54, 1.807) is 0 Å². The van der Waals surface area contributed by atoms with E-state index in [0.717, 1.165) is 30.2 Å². The van der Waals surface area contributed by atoms with Crippen molar-refractivity contribution in [2.75, 3.05) is 5.88 Å². The van der Waals surface area contributed by atoms with E-state index < -0.39 is 0 Å². The number of aryl methyl sites for hydroxylation is 1. The lowest BCUT2D eigenvalue weighted by atomic mass is 10.1. The smallest absolute Gasteiger partial charge is 0.111 e. The highest BCUT2D eigenvalue weighted by atomic mass is 127. The highest BCUT2D eigenvalue weighted by molar-refractivity contribution is 14.1. The maximum atomic E-state index is 5.93. The Balaban J connectivity index is 2.00. The summed E-state index contributed by atoms with van der Waals surface area (Å²) in [4.78, 5) is 4.78. The zero-order valence-corrected chi connectivity index (χ0v) is 13.8. The van der Waals surface area contributed by atoms with Gasteiger partial charge in [-0.25, -0.2) is 4.98 Å². The lowest BCUT2D eigenvalue weighted by molar-refractivity contribution is 0.455. The summed E-state index contributed by atoms with van der Waals surface area (Å²) < 4.78 is 3.65. The van der Waals surface area contributed by atoms with Gasteiger partial charge in [0.25, 0.3) is 0 Å². The molecule has 0 N–H and O–H groups in total. The van der Waals surface area contributed by atoms with Crippen molar-refractivity contribution in [1.29, 1.82) is 0 Å². The van der Waals surface area contributed by atoms with E-state index in [4.69, 9.17) is 16.6 Å². The molecule has 2 nitrogen and oxygen atoms in total. The lowest BCUT2D eigenvalue weighted by Crippen LogP contribution is -2.11. The topological polar surface area (TPSA) is 17.8 Å². The van der Waals surface area contributed by atoms with E-state index in [9.17, 15) is 0 Å². The van der Waals surface area contributed by atoms with Crippen LogP contribution in [0.2, 0.25) is 0 Å². The predicted molar refractivity (Wildman–Crippen MR) is 88.8 cm³/mol. The van der Waals surface area contributed by atoms with Gasteiger partial charge < -0.3 is 4.57 Å². The van der Waals surface area contributed by atoms with Crippen LogP contribution in [0.5, 0.6) is 0 Å². The van der Waals surface area contributed by atoms with Crippen LogP contribution < -0.4 is 0 Å². The minimum Gasteiger partial charge on any atom is -0.328 e. The van der Waals surface area contributed by atoms with Gasteiger partial charge in [-0.2, -0.15) is 0 Å². The number of hydrogen-bond acceptors (Lipinski definition) is 1. The number of halogens is 2. The van der Waals surface area contributed by atoms with Gasteiger partial charge in [-0.3, -0.25) is 0 Å². The van der Waals surface area contributed by atoms with Gasteiger partial charge in [-0.15, -0.1) is 11.6 Å². The highest BCUT2D eigenvalue weighted by Crippen LogP contribution is 2.29. The second-order valence-corrected chi connectivity index (χ2v) is 6.98. The molecule has 4 heteroatoms. The third-order valence-corrected chi connectivity index (χ3v) is 4.88. The molecule has 2 aromatic rings. The fourth-order valence-electron chi connectivity index (χ4n) is 3.08. The summed E-state index contributed by atoms with van der Waals surface area (Å²) in [6.45, 7) is 1.11. The molecular weight excluding hydrogens is 371 g/mol. The molecule has 0 amide bonds. The average molecular weight is 389 g/mol. The number of rotatable bonds is 4. The molecule has 1 aliphatic rings. The van der Waals surface area contributed by atoms with E-state index in [2.05, 4.69) is 45.4 Å². The number of fused-ring (bicyclic) bond motifs is 1. The Labute approximate surface area is 132 Å². The molecule has 0 bridgehead atoms. The van der Waals surface area contributed by atoms with Crippen LogP contribution in [-0.4, -0.2) is 15.4 Å². The molecule has 0 saturated heterocycles. The first-order valence-electron chi connectivity index (χ1n) is 6.98. The third kappa shape index (κ3) is 2.92. The summed E-state index contributed by atoms with van der Waals surface area (Å²) in [7, 11) is 0. The van der Waals surface area contributed by atoms with Crippen molar-refractivity contribution < 1.29 is 0 Å². The standard InChI is InChI=1S/C15H18ClIN2/c16-8-7-15-18-13-9-12(17)5-6-14(13)19(15)10-11-3-1-2-4-11/h5-6,9,11H,1-4,7-8,10H2. The number of benzene rings is 1. The molecule has 1 saturated carbocycles. The molecule has 0 atom stereocenters. The van der Waals surface area contributed by atoms with Crippen LogP contribution >= 0.6 is 34.2 Å². The largest absolute Gasteiger partial charge is 0.328 e. The third-order valence-electron chi connectivity index (χ3n) is 4.02. The first kappa shape index (κ1) is 13.7. The second-order valence-electron chi connectivity index (χ2n) is 5.36. The molecule has 3 rings (SSSR count). The van der Waals surface area contributed by atoms with Gasteiger partial charge in [0, 0.05) is 22.4 Å². The van der Waals surface area contributed by atoms with E-state index in [0.29, 0.717) is 5.88 Å². The number of imidazole rings is 1. The molecule has 1 aliphatic carbocycles. The molecule has 0 unspecified atom stereocenters. The van der Waals surface area contributed by atoms with Crippen LogP contribution in [0.1, 0.15) is 31.5 Å². The van der Waals surface area contributed by atoms with Gasteiger partial charge in [0.1, 0.15) is 5.82 Å². The lowest BCUT2D eigenvalue weighted by Gasteiger charge is -2.13. The SMILES string of the molecule is ClCCc1nc2cc(I)ccc2n1CC1CCCC1. The summed E-state index contributed by atoms with van der Waals surface area (Å²) >= 11 is 8.27. The molecule has 1 aromatic heterocycles. The van der Waals surface area contributed by atoms with Gasteiger partial charge in [0.05, 0.1) is 11.0 Å². The van der Waals surface area contributed by atoms with Crippen molar-refractivity contribution in [2.45, 2.75) is 38.6 Å². The van der Waals surface area contributed by atoms with Crippen molar-refractivity contribution in [2.24, 2.45) is 5.92 Å². The maximum absolute atomic E-state index is 5.93. The van der Waals surface area contributed by atoms with E-state index in [-0.39, 0.29) is 0 Å². The minimum atomic E-state index is 0.644. The van der Waals surface area contributed by atoms with Gasteiger partial charge in [-0.1, -0.05) is 12.8 Å². The minimum absolute atomic E-state index is 0.644. The Morgan fingerprint density at radius 3 is 2.84 bits per heavy atom. The Morgan fingerprint density at radius 2 is 2.11 bits per heavy atom. The molecule has 0 spiro atoms. The van der Waals surface area contributed by atoms with Crippen LogP contribution in [0.3, 0.4) is 0 Å². The molecule has 1 fully saturated rings. The van der Waals surface area contributed by atoms with Gasteiger partial charge in [-0.05, 0) is 59.5 Å². The van der Waals surface area contributed by atoms with Crippen molar-refractivity contribution in [3.05, 3.63) is 27.6 Å². The summed E-state index contributed by atoms with van der Waals surface area (Å²) in [6, 6.07) is 6.54. The molecule has 1 aromatic carbocycles. The van der Waals surface area contributed by atoms with E-state index >= 15 is 0 Å². The van der Waals surface area contributed by atoms with Crippen LogP contribution in [0, 0.1) is 9.49 Å². The molecule has 0 aliphatic heterocycles. The Morgan fingerprint density at radius 1 is 1.32 bits per heavy atom. The van der Waals surface area contributed by atoms with Crippen molar-refractivity contribution in [3.63, 3.8) is 0 Å². The Hall–Kier alpha value is -0.290. The summed E-state index contributed by atoms with van der Waals surface area (Å²) in [5.74, 6) is 2.62. The molecule has 102 valence electrons. The van der Waals surface area contributed by atoms with Crippen molar-refractivity contribution >= 4 is 45.2 Å². The average Bonchev–Trinajstić information content (AvgIpc) is 2.99. The molecule has 1 heterocycles. The maximum Gasteiger partial charge on any atom is 0.111 e. The van der Waals surface area contributed by atoms with E-state index in [1.807, 2.05) is 0 Å². The van der Waals surface area contributed by atoms with E-state index in [1.165, 1.54) is 34.8 Å². The first-order valence-corrected chi connectivity index (χ1v) is 8.60. The zero-order valence-electron chi connectivity index (χ0n) is 10.9. The molecule has 0 radical (unpaired) electrons. The van der Waals surface area contributed by atoms with Gasteiger partial charge in [0.15, 0.2) is 0 Å². The van der Waals surface area contributed by atoms with Crippen LogP contribution in [0.25, 0.3) is 11.0 Å². The van der Waals surface area contributed by atoms with Crippen molar-refractivity contribution in [3.8, 4) is 0 Å². The zero-order chi connectivity index (χ0) is 13.2. The first-order chi connectivity index (χ1) is 9.28. The highest BCUT2D eigenvalue weighted by Gasteiger charge is 2.19. The molecule has 19 heavy (non-hydrogen) atoms. The Kier molecular flexibility index (Phi) is 4.32. The summed E-state index contributed by atoms with van der Waals surface area (Å²) in [6.07, 6.45) is 6.37. The summed E-state index contributed by atoms with van der Waals surface area (Å²) in [5.41, 5.74) is 2.39. The predicted octanol–water partition coefficient (Wildman–Crippen LogP) is 4.61. The normalized spacial score (nSPS) is 16.5. The fourth-order valence-corrected chi connectivity index (χ4v) is 3.73. The fraction of sp³-hybridized carbons (Fsp3) is 0.533. The Bertz CT molecular complexity index is 573. The van der Waals surface area contributed by atoms with Crippen LogP contribution in [0.4, 0.5) is 0 Å². The molecular formula is C15H18ClIN2. The number of nitrogens with zero attached hydrogens (tertiary/aromatic N) is 2. The quantitative estimate of drug-likeness (QED) is 0.552. The number of aromatic nitrogens is 2. The van der Waals surface area contributed by atoms with Gasteiger partial charge >= 0.3 is 0 Å². The van der Waals surface area contributed by atoms with Crippen LogP contribution in [-0.2, 0) is 13.0 Å². The number of alkyl halides is 1. The monoisotopic (exact) mass is 388 g/mol. The number of hydrogen-bond donors (Lipinski definition) is 0. The second kappa shape index (κ2) is 6.00. The van der Waals surface area contributed by atoms with Gasteiger partial charge in [0.2, 0.25) is 0 Å². The van der Waals surface area contributed by atoms with Crippen LogP contribution in [0.15, 0.2) is 18.2 Å².